The van der Waals surface area contributed by atoms with Gasteiger partial charge in [-0.25, -0.2) is 0 Å². The molecule has 0 amide bonds. The summed E-state index contributed by atoms with van der Waals surface area (Å²) in [4.78, 5) is 57.8. The van der Waals surface area contributed by atoms with E-state index in [0.29, 0.717) is 12.8 Å². The van der Waals surface area contributed by atoms with Gasteiger partial charge in [0.2, 0.25) is 0 Å². The molecular formula is C45H76N4O10. The number of nitrogens with one attached hydrogen (secondary N) is 2. The zero-order chi connectivity index (χ0) is 44.7. The van der Waals surface area contributed by atoms with Gasteiger partial charge >= 0.3 is 23.9 Å². The molecule has 0 aromatic carbocycles. The minimum atomic E-state index is -1.41. The van der Waals surface area contributed by atoms with Crippen molar-refractivity contribution in [3.05, 3.63) is 0 Å². The van der Waals surface area contributed by atoms with E-state index < -0.39 is 69.7 Å². The first kappa shape index (κ1) is 47.7. The van der Waals surface area contributed by atoms with Crippen LogP contribution in [0.25, 0.3) is 0 Å². The Labute approximate surface area is 353 Å². The maximum absolute atomic E-state index is 14.6. The lowest BCUT2D eigenvalue weighted by Gasteiger charge is -2.34. The van der Waals surface area contributed by atoms with Crippen molar-refractivity contribution in [3.8, 4) is 0 Å². The van der Waals surface area contributed by atoms with E-state index >= 15 is 0 Å². The first-order chi connectivity index (χ1) is 26.7. The molecule has 4 saturated heterocycles. The van der Waals surface area contributed by atoms with E-state index in [-0.39, 0.29) is 78.7 Å². The van der Waals surface area contributed by atoms with Gasteiger partial charge in [0.1, 0.15) is 0 Å². The lowest BCUT2D eigenvalue weighted by molar-refractivity contribution is -0.249. The van der Waals surface area contributed by atoms with Crippen molar-refractivity contribution in [2.45, 2.75) is 187 Å². The topological polar surface area (TPSA) is 176 Å². The predicted molar refractivity (Wildman–Crippen MR) is 219 cm³/mol. The van der Waals surface area contributed by atoms with E-state index in [1.165, 1.54) is 0 Å². The molecule has 0 aromatic rings. The minimum Gasteiger partial charge on any atom is -0.465 e. The first-order valence-corrected chi connectivity index (χ1v) is 21.9. The second kappa shape index (κ2) is 15.8. The van der Waals surface area contributed by atoms with Crippen LogP contribution in [0.2, 0.25) is 0 Å². The van der Waals surface area contributed by atoms with Crippen molar-refractivity contribution in [2.24, 2.45) is 47.3 Å². The van der Waals surface area contributed by atoms with Gasteiger partial charge in [-0.3, -0.25) is 19.2 Å². The summed E-state index contributed by atoms with van der Waals surface area (Å²) in [5.74, 6) is -9.06. The fraction of sp³-hybridized carbons (Fsp3) is 0.911. The maximum atomic E-state index is 14.6. The highest BCUT2D eigenvalue weighted by Gasteiger charge is 2.60. The van der Waals surface area contributed by atoms with Crippen molar-refractivity contribution in [3.63, 3.8) is 0 Å². The summed E-state index contributed by atoms with van der Waals surface area (Å²) in [6.07, 6.45) is 2.22. The molecule has 336 valence electrons. The molecule has 14 nitrogen and oxygen atoms in total. The van der Waals surface area contributed by atoms with Crippen molar-refractivity contribution in [2.75, 3.05) is 26.4 Å². The van der Waals surface area contributed by atoms with Crippen molar-refractivity contribution >= 4 is 23.9 Å². The molecule has 0 spiro atoms. The number of carbonyl (C=O) groups excluding carboxylic acids is 4. The third kappa shape index (κ3) is 9.53. The summed E-state index contributed by atoms with van der Waals surface area (Å²) in [5, 5.41) is 35.7. The molecule has 2 N–H and O–H groups in total. The standard InChI is InChI=1S/C45H76N4O10/c1-38(2)18-26(42(9,10)46-38)22-56-34(50)30-17-31(35(51)57-24-28-20-40(5,6)48(54)44(28,13)14)32(36(52)58-23-27-19-39(3,4)47-43(27,11)12)33(30)37(53)59-25-29-21-41(7,8)49(55)45(29,15)16/h26-33,46-47H,17-25H2,1-16H3. The number of hydrogen-bond donors (Lipinski definition) is 2. The van der Waals surface area contributed by atoms with Crippen LogP contribution in [0.1, 0.15) is 143 Å². The molecule has 8 atom stereocenters. The van der Waals surface area contributed by atoms with Crippen molar-refractivity contribution in [1.82, 2.24) is 20.8 Å². The van der Waals surface area contributed by atoms with E-state index in [9.17, 15) is 29.6 Å². The molecule has 0 aromatic heterocycles. The Morgan fingerprint density at radius 2 is 0.746 bits per heavy atom. The number of rotatable bonds is 12. The SMILES string of the molecule is CC1(C)CC(COC(=O)C2CC(C(=O)OCC3CC(C)(C)N([O])C3(C)C)C(C(=O)OCC3CC(C)(C)NC3(C)C)C2C(=O)OCC2CC(C)(C)N([O])C2(C)C)C(C)(C)N1. The molecule has 5 fully saturated rings. The maximum Gasteiger partial charge on any atom is 0.310 e. The Kier molecular flexibility index (Phi) is 12.7. The van der Waals surface area contributed by atoms with Crippen molar-refractivity contribution in [1.29, 1.82) is 0 Å². The molecule has 1 aliphatic carbocycles. The zero-order valence-electron chi connectivity index (χ0n) is 39.0. The largest absolute Gasteiger partial charge is 0.465 e. The summed E-state index contributed by atoms with van der Waals surface area (Å²) in [7, 11) is 0. The highest BCUT2D eigenvalue weighted by Crippen LogP contribution is 2.49. The molecule has 0 bridgehead atoms. The van der Waals surface area contributed by atoms with Crippen molar-refractivity contribution < 1.29 is 48.5 Å². The third-order valence-electron chi connectivity index (χ3n) is 15.1. The summed E-state index contributed by atoms with van der Waals surface area (Å²) < 4.78 is 24.1. The van der Waals surface area contributed by atoms with Gasteiger partial charge < -0.3 is 29.6 Å². The molecule has 4 heterocycles. The molecule has 1 saturated carbocycles. The number of carbonyl (C=O) groups is 4. The minimum absolute atomic E-state index is 0.0340. The highest BCUT2D eigenvalue weighted by molar-refractivity contribution is 5.93. The molecule has 14 heteroatoms. The number of esters is 4. The van der Waals surface area contributed by atoms with Gasteiger partial charge in [0, 0.05) is 56.9 Å². The molecule has 5 rings (SSSR count). The van der Waals surface area contributed by atoms with E-state index in [0.717, 1.165) is 23.0 Å². The molecule has 59 heavy (non-hydrogen) atoms. The van der Waals surface area contributed by atoms with Gasteiger partial charge in [-0.2, -0.15) is 0 Å². The van der Waals surface area contributed by atoms with Crippen LogP contribution in [0, 0.1) is 47.3 Å². The van der Waals surface area contributed by atoms with Gasteiger partial charge in [0.25, 0.3) is 0 Å². The predicted octanol–water partition coefficient (Wildman–Crippen LogP) is 5.81. The van der Waals surface area contributed by atoms with E-state index in [1.54, 1.807) is 0 Å². The van der Waals surface area contributed by atoms with Crippen LogP contribution in [-0.4, -0.2) is 105 Å². The Bertz CT molecular complexity index is 1620. The number of hydroxylamine groups is 4. The number of hydrogen-bond acceptors (Lipinski definition) is 12. The van der Waals surface area contributed by atoms with E-state index in [4.69, 9.17) is 18.9 Å². The van der Waals surface area contributed by atoms with Crippen LogP contribution in [0.15, 0.2) is 0 Å². The fourth-order valence-electron chi connectivity index (χ4n) is 11.9. The lowest BCUT2D eigenvalue weighted by atomic mass is 9.85. The Morgan fingerprint density at radius 1 is 0.458 bits per heavy atom. The summed E-state index contributed by atoms with van der Waals surface area (Å²) in [5.41, 5.74) is -4.14. The Hall–Kier alpha value is -2.36. The third-order valence-corrected chi connectivity index (χ3v) is 15.1. The highest BCUT2D eigenvalue weighted by atomic mass is 16.6. The summed E-state index contributed by atoms with van der Waals surface area (Å²) >= 11 is 0. The van der Waals surface area contributed by atoms with Crippen LogP contribution < -0.4 is 10.6 Å². The van der Waals surface area contributed by atoms with Gasteiger partial charge in [-0.05, 0) is 143 Å². The van der Waals surface area contributed by atoms with E-state index in [2.05, 4.69) is 52.2 Å². The zero-order valence-corrected chi connectivity index (χ0v) is 39.0. The molecule has 2 radical (unpaired) electrons. The van der Waals surface area contributed by atoms with Crippen LogP contribution in [0.5, 0.6) is 0 Å². The Morgan fingerprint density at radius 3 is 1.00 bits per heavy atom. The van der Waals surface area contributed by atoms with Crippen LogP contribution >= 0.6 is 0 Å². The molecule has 5 aliphatic rings. The summed E-state index contributed by atoms with van der Waals surface area (Å²) in [6.45, 7) is 31.2. The quantitative estimate of drug-likeness (QED) is 0.179. The number of ether oxygens (including phenoxy) is 4. The van der Waals surface area contributed by atoms with Gasteiger partial charge in [-0.1, -0.05) is 0 Å². The van der Waals surface area contributed by atoms with E-state index in [1.807, 2.05) is 69.2 Å². The monoisotopic (exact) mass is 833 g/mol. The van der Waals surface area contributed by atoms with Crippen LogP contribution in [0.4, 0.5) is 0 Å². The second-order valence-electron chi connectivity index (χ2n) is 23.6. The van der Waals surface area contributed by atoms with Crippen LogP contribution in [-0.2, 0) is 48.5 Å². The van der Waals surface area contributed by atoms with Gasteiger partial charge in [0.05, 0.1) is 61.2 Å². The molecular weight excluding hydrogens is 757 g/mol. The van der Waals surface area contributed by atoms with Crippen LogP contribution in [0.3, 0.4) is 0 Å². The Balaban J connectivity index is 1.45. The second-order valence-corrected chi connectivity index (χ2v) is 23.6. The lowest BCUT2D eigenvalue weighted by Crippen LogP contribution is -2.47. The molecule has 4 aliphatic heterocycles. The normalized spacial score (nSPS) is 36.0. The van der Waals surface area contributed by atoms with Gasteiger partial charge in [0.15, 0.2) is 0 Å². The molecule has 8 unspecified atom stereocenters. The first-order valence-electron chi connectivity index (χ1n) is 21.9. The average molecular weight is 833 g/mol. The van der Waals surface area contributed by atoms with Gasteiger partial charge in [-0.15, -0.1) is 20.5 Å². The number of nitrogens with zero attached hydrogens (tertiary/aromatic N) is 2. The smallest absolute Gasteiger partial charge is 0.310 e. The summed E-state index contributed by atoms with van der Waals surface area (Å²) in [6, 6.07) is 0. The fourth-order valence-corrected chi connectivity index (χ4v) is 11.9. The average Bonchev–Trinajstić information content (AvgIpc) is 3.75.